The van der Waals surface area contributed by atoms with Crippen LogP contribution in [0.5, 0.6) is 0 Å². The van der Waals surface area contributed by atoms with Crippen molar-refractivity contribution in [3.05, 3.63) is 29.3 Å². The van der Waals surface area contributed by atoms with Crippen molar-refractivity contribution in [1.82, 2.24) is 9.03 Å². The second kappa shape index (κ2) is 5.90. The van der Waals surface area contributed by atoms with Gasteiger partial charge in [-0.25, -0.2) is 9.52 Å². The molecule has 0 aliphatic carbocycles. The summed E-state index contributed by atoms with van der Waals surface area (Å²) in [4.78, 5) is 11.5. The van der Waals surface area contributed by atoms with Gasteiger partial charge in [-0.1, -0.05) is 6.07 Å². The highest BCUT2D eigenvalue weighted by molar-refractivity contribution is 7.87. The van der Waals surface area contributed by atoms with Crippen LogP contribution in [0.4, 0.5) is 10.5 Å². The van der Waals surface area contributed by atoms with E-state index < -0.39 is 16.3 Å². The summed E-state index contributed by atoms with van der Waals surface area (Å²) in [5, 5.41) is 0. The quantitative estimate of drug-likeness (QED) is 0.811. The van der Waals surface area contributed by atoms with Crippen LogP contribution in [0.1, 0.15) is 25.0 Å². The molecular formula is C13H19N3O4S. The molecule has 0 atom stereocenters. The van der Waals surface area contributed by atoms with Crippen LogP contribution in [0.25, 0.3) is 0 Å². The number of nitrogens with one attached hydrogen (secondary N) is 1. The molecule has 0 aromatic heterocycles. The Hall–Kier alpha value is -1.80. The summed E-state index contributed by atoms with van der Waals surface area (Å²) in [7, 11) is -3.92. The zero-order valence-electron chi connectivity index (χ0n) is 12.0. The van der Waals surface area contributed by atoms with Crippen molar-refractivity contribution in [2.24, 2.45) is 0 Å². The van der Waals surface area contributed by atoms with Crippen molar-refractivity contribution >= 4 is 22.0 Å². The van der Waals surface area contributed by atoms with E-state index in [2.05, 4.69) is 0 Å². The minimum atomic E-state index is -3.92. The Kier molecular flexibility index (Phi) is 4.38. The highest BCUT2D eigenvalue weighted by atomic mass is 32.2. The van der Waals surface area contributed by atoms with E-state index in [4.69, 9.17) is 10.5 Å². The van der Waals surface area contributed by atoms with Gasteiger partial charge in [0, 0.05) is 18.8 Å². The number of amides is 1. The molecule has 0 radical (unpaired) electrons. The lowest BCUT2D eigenvalue weighted by molar-refractivity contribution is 0.121. The minimum absolute atomic E-state index is 0.185. The van der Waals surface area contributed by atoms with Crippen LogP contribution in [0.15, 0.2) is 18.2 Å². The summed E-state index contributed by atoms with van der Waals surface area (Å²) in [6.07, 6.45) is -0.777. The van der Waals surface area contributed by atoms with Gasteiger partial charge in [-0.05, 0) is 43.5 Å². The number of hydrogen-bond donors (Lipinski definition) is 2. The van der Waals surface area contributed by atoms with Crippen LogP contribution in [0, 0.1) is 0 Å². The fraction of sp³-hybridized carbons (Fsp3) is 0.462. The van der Waals surface area contributed by atoms with Crippen LogP contribution in [0.2, 0.25) is 0 Å². The first kappa shape index (κ1) is 15.6. The average Bonchev–Trinajstić information content (AvgIpc) is 2.35. The number of hydrogen-bond acceptors (Lipinski definition) is 5. The van der Waals surface area contributed by atoms with E-state index in [0.717, 1.165) is 11.1 Å². The van der Waals surface area contributed by atoms with Crippen LogP contribution in [0.3, 0.4) is 0 Å². The molecule has 0 fully saturated rings. The lowest BCUT2D eigenvalue weighted by atomic mass is 10.0. The summed E-state index contributed by atoms with van der Waals surface area (Å²) in [5.41, 5.74) is 8.22. The number of carbonyl (C=O) groups excluding carboxylic acids is 1. The lowest BCUT2D eigenvalue weighted by Gasteiger charge is -2.28. The molecule has 1 heterocycles. The summed E-state index contributed by atoms with van der Waals surface area (Å²) in [5.74, 6) is 0. The summed E-state index contributed by atoms with van der Waals surface area (Å²) < 4.78 is 32.2. The minimum Gasteiger partial charge on any atom is -0.446 e. The number of nitrogen functional groups attached to an aromatic ring is 1. The molecular weight excluding hydrogens is 294 g/mol. The Morgan fingerprint density at radius 1 is 1.38 bits per heavy atom. The first-order chi connectivity index (χ1) is 9.78. The molecule has 0 spiro atoms. The molecule has 1 aromatic rings. The van der Waals surface area contributed by atoms with Crippen molar-refractivity contribution in [3.8, 4) is 0 Å². The Balaban J connectivity index is 2.10. The average molecular weight is 313 g/mol. The van der Waals surface area contributed by atoms with Crippen LogP contribution < -0.4 is 10.5 Å². The number of nitrogens with zero attached hydrogens (tertiary/aromatic N) is 1. The van der Waals surface area contributed by atoms with Gasteiger partial charge in [0.25, 0.3) is 0 Å². The maximum atomic E-state index is 12.2. The predicted octanol–water partition coefficient (Wildman–Crippen LogP) is 1.01. The van der Waals surface area contributed by atoms with E-state index in [-0.39, 0.29) is 12.6 Å². The van der Waals surface area contributed by atoms with Crippen LogP contribution in [-0.2, 0) is 27.9 Å². The SMILES string of the molecule is CC(C)OC(=O)NS(=O)(=O)N1CCc2ccc(N)cc2C1. The second-order valence-corrected chi connectivity index (χ2v) is 6.84. The number of fused-ring (bicyclic) bond motifs is 1. The fourth-order valence-corrected chi connectivity index (χ4v) is 3.19. The third kappa shape index (κ3) is 3.85. The summed E-state index contributed by atoms with van der Waals surface area (Å²) in [6, 6.07) is 5.44. The number of ether oxygens (including phenoxy) is 1. The van der Waals surface area contributed by atoms with Gasteiger partial charge in [-0.3, -0.25) is 0 Å². The highest BCUT2D eigenvalue weighted by Gasteiger charge is 2.28. The third-order valence-electron chi connectivity index (χ3n) is 3.10. The van der Waals surface area contributed by atoms with Gasteiger partial charge in [0.1, 0.15) is 0 Å². The number of anilines is 1. The zero-order chi connectivity index (χ0) is 15.6. The molecule has 7 nitrogen and oxygen atoms in total. The topological polar surface area (TPSA) is 102 Å². The van der Waals surface area contributed by atoms with Crippen LogP contribution in [-0.4, -0.2) is 31.5 Å². The highest BCUT2D eigenvalue weighted by Crippen LogP contribution is 2.22. The van der Waals surface area contributed by atoms with Gasteiger partial charge >= 0.3 is 16.3 Å². The first-order valence-electron chi connectivity index (χ1n) is 6.63. The molecule has 2 rings (SSSR count). The van der Waals surface area contributed by atoms with E-state index >= 15 is 0 Å². The summed E-state index contributed by atoms with van der Waals surface area (Å²) >= 11 is 0. The van der Waals surface area contributed by atoms with Crippen molar-refractivity contribution in [1.29, 1.82) is 0 Å². The van der Waals surface area contributed by atoms with Gasteiger partial charge in [0.15, 0.2) is 0 Å². The molecule has 21 heavy (non-hydrogen) atoms. The Bertz CT molecular complexity index is 643. The maximum absolute atomic E-state index is 12.2. The van der Waals surface area contributed by atoms with E-state index in [1.54, 1.807) is 26.0 Å². The fourth-order valence-electron chi connectivity index (χ4n) is 2.16. The molecule has 1 aliphatic heterocycles. The molecule has 1 aliphatic rings. The second-order valence-electron chi connectivity index (χ2n) is 5.17. The molecule has 3 N–H and O–H groups in total. The number of benzene rings is 1. The van der Waals surface area contributed by atoms with E-state index in [0.29, 0.717) is 18.7 Å². The molecule has 0 bridgehead atoms. The van der Waals surface area contributed by atoms with Gasteiger partial charge in [0.05, 0.1) is 6.10 Å². The monoisotopic (exact) mass is 313 g/mol. The number of carbonyl (C=O) groups is 1. The molecule has 1 amide bonds. The number of rotatable bonds is 3. The van der Waals surface area contributed by atoms with E-state index in [9.17, 15) is 13.2 Å². The van der Waals surface area contributed by atoms with E-state index in [1.165, 1.54) is 4.31 Å². The van der Waals surface area contributed by atoms with Gasteiger partial charge in [-0.2, -0.15) is 12.7 Å². The normalized spacial score (nSPS) is 15.6. The molecule has 1 aromatic carbocycles. The molecule has 0 unspecified atom stereocenters. The maximum Gasteiger partial charge on any atom is 0.422 e. The standard InChI is InChI=1S/C13H19N3O4S/c1-9(2)20-13(17)15-21(18,19)16-6-5-10-3-4-12(14)7-11(10)8-16/h3-4,7,9H,5-6,8,14H2,1-2H3,(H,15,17). The van der Waals surface area contributed by atoms with Crippen LogP contribution >= 0.6 is 0 Å². The Morgan fingerprint density at radius 2 is 2.10 bits per heavy atom. The lowest BCUT2D eigenvalue weighted by Crippen LogP contribution is -2.46. The van der Waals surface area contributed by atoms with Crippen molar-refractivity contribution < 1.29 is 17.9 Å². The smallest absolute Gasteiger partial charge is 0.422 e. The van der Waals surface area contributed by atoms with Crippen molar-refractivity contribution in [2.45, 2.75) is 32.9 Å². The molecule has 0 saturated heterocycles. The van der Waals surface area contributed by atoms with Gasteiger partial charge < -0.3 is 10.5 Å². The molecule has 0 saturated carbocycles. The predicted molar refractivity (Wildman–Crippen MR) is 78.6 cm³/mol. The van der Waals surface area contributed by atoms with Gasteiger partial charge in [-0.15, -0.1) is 0 Å². The Labute approximate surface area is 124 Å². The first-order valence-corrected chi connectivity index (χ1v) is 8.08. The zero-order valence-corrected chi connectivity index (χ0v) is 12.8. The largest absolute Gasteiger partial charge is 0.446 e. The molecule has 8 heteroatoms. The van der Waals surface area contributed by atoms with E-state index in [1.807, 2.05) is 10.8 Å². The van der Waals surface area contributed by atoms with Gasteiger partial charge in [0.2, 0.25) is 0 Å². The molecule has 116 valence electrons. The van der Waals surface area contributed by atoms with Crippen molar-refractivity contribution in [3.63, 3.8) is 0 Å². The Morgan fingerprint density at radius 3 is 2.76 bits per heavy atom. The van der Waals surface area contributed by atoms with Crippen molar-refractivity contribution in [2.75, 3.05) is 12.3 Å². The third-order valence-corrected chi connectivity index (χ3v) is 4.52. The summed E-state index contributed by atoms with van der Waals surface area (Å²) in [6.45, 7) is 3.78. The number of nitrogens with two attached hydrogens (primary N) is 1.